The summed E-state index contributed by atoms with van der Waals surface area (Å²) in [6.07, 6.45) is 0.543. The molecule has 3 aromatic carbocycles. The largest absolute Gasteiger partial charge is 0.369 e. The van der Waals surface area contributed by atoms with Crippen molar-refractivity contribution in [2.45, 2.75) is 39.5 Å². The first-order valence-electron chi connectivity index (χ1n) is 13.7. The van der Waals surface area contributed by atoms with Crippen LogP contribution in [0.1, 0.15) is 53.6 Å². The van der Waals surface area contributed by atoms with Crippen molar-refractivity contribution in [1.82, 2.24) is 20.3 Å². The number of carbonyl (C=O) groups is 1. The third kappa shape index (κ3) is 6.29. The number of rotatable bonds is 6. The summed E-state index contributed by atoms with van der Waals surface area (Å²) in [4.78, 5) is 29.0. The van der Waals surface area contributed by atoms with Crippen molar-refractivity contribution in [3.8, 4) is 11.4 Å². The summed E-state index contributed by atoms with van der Waals surface area (Å²) < 4.78 is 0. The van der Waals surface area contributed by atoms with E-state index >= 15 is 0 Å². The molecule has 0 unspecified atom stereocenters. The maximum absolute atomic E-state index is 13.0. The van der Waals surface area contributed by atoms with Gasteiger partial charge in [-0.05, 0) is 59.4 Å². The lowest BCUT2D eigenvalue weighted by molar-refractivity contribution is 0.102. The highest BCUT2D eigenvalue weighted by molar-refractivity contribution is 6.05. The molecule has 1 saturated heterocycles. The van der Waals surface area contributed by atoms with Crippen LogP contribution in [0.4, 0.5) is 17.3 Å². The van der Waals surface area contributed by atoms with Crippen molar-refractivity contribution in [2.24, 2.45) is 0 Å². The zero-order valence-corrected chi connectivity index (χ0v) is 23.7. The highest BCUT2D eigenvalue weighted by Gasteiger charge is 2.17. The molecule has 1 aromatic heterocycles. The van der Waals surface area contributed by atoms with Gasteiger partial charge in [-0.2, -0.15) is 9.97 Å². The van der Waals surface area contributed by atoms with Gasteiger partial charge in [0.2, 0.25) is 5.95 Å². The molecular weight excluding hydrogens is 498 g/mol. The Morgan fingerprint density at radius 3 is 2.33 bits per heavy atom. The molecule has 1 aliphatic heterocycles. The lowest BCUT2D eigenvalue weighted by atomic mass is 9.86. The van der Waals surface area contributed by atoms with Crippen molar-refractivity contribution < 1.29 is 4.79 Å². The highest BCUT2D eigenvalue weighted by Crippen LogP contribution is 2.28. The summed E-state index contributed by atoms with van der Waals surface area (Å²) in [5, 5.41) is 6.43. The molecule has 0 spiro atoms. The molecule has 2 heterocycles. The van der Waals surface area contributed by atoms with Gasteiger partial charge in [-0.25, -0.2) is 4.98 Å². The predicted molar refractivity (Wildman–Crippen MR) is 162 cm³/mol. The molecule has 8 nitrogen and oxygen atoms in total. The van der Waals surface area contributed by atoms with E-state index in [9.17, 15) is 4.79 Å². The first kappa shape index (κ1) is 27.3. The van der Waals surface area contributed by atoms with Crippen LogP contribution in [-0.2, 0) is 11.8 Å². The molecule has 0 atom stereocenters. The maximum atomic E-state index is 13.0. The van der Waals surface area contributed by atoms with E-state index in [0.717, 1.165) is 42.9 Å². The van der Waals surface area contributed by atoms with Gasteiger partial charge in [-0.15, -0.1) is 0 Å². The van der Waals surface area contributed by atoms with Crippen LogP contribution in [-0.4, -0.2) is 47.0 Å². The summed E-state index contributed by atoms with van der Waals surface area (Å²) in [5.41, 5.74) is 12.6. The van der Waals surface area contributed by atoms with Gasteiger partial charge in [0.15, 0.2) is 5.82 Å². The number of benzene rings is 3. The molecular formula is C32H37N7O. The van der Waals surface area contributed by atoms with E-state index in [2.05, 4.69) is 70.5 Å². The van der Waals surface area contributed by atoms with Crippen molar-refractivity contribution >= 4 is 23.2 Å². The molecule has 206 valence electrons. The third-order valence-corrected chi connectivity index (χ3v) is 7.32. The Bertz CT molecular complexity index is 1490. The topological polar surface area (TPSA) is 109 Å². The summed E-state index contributed by atoms with van der Waals surface area (Å²) in [6, 6.07) is 22.0. The number of nitrogen functional groups attached to an aromatic ring is 1. The second-order valence-corrected chi connectivity index (χ2v) is 11.3. The number of aromatic nitrogens is 3. The molecule has 8 heteroatoms. The number of nitrogens with zero attached hydrogens (tertiary/aromatic N) is 4. The smallest absolute Gasteiger partial charge is 0.255 e. The Morgan fingerprint density at radius 2 is 1.65 bits per heavy atom. The SMILES string of the molecule is Cc1c(NC(=O)c2ccc(C(C)(C)C)cc2)cccc1-c1nc(N)nc(Cc2ccc(N3CCNCC3)cc2)n1. The Hall–Kier alpha value is -4.30. The van der Waals surface area contributed by atoms with Crippen LogP contribution in [0.2, 0.25) is 0 Å². The molecule has 0 bridgehead atoms. The number of amides is 1. The normalized spacial score (nSPS) is 13.8. The molecule has 4 N–H and O–H groups in total. The van der Waals surface area contributed by atoms with E-state index in [1.807, 2.05) is 49.4 Å². The van der Waals surface area contributed by atoms with Gasteiger partial charge >= 0.3 is 0 Å². The molecule has 0 saturated carbocycles. The van der Waals surface area contributed by atoms with Gasteiger partial charge in [-0.1, -0.05) is 57.2 Å². The summed E-state index contributed by atoms with van der Waals surface area (Å²) in [5.74, 6) is 1.10. The minimum Gasteiger partial charge on any atom is -0.369 e. The molecule has 1 amide bonds. The Morgan fingerprint density at radius 1 is 0.950 bits per heavy atom. The van der Waals surface area contributed by atoms with Crippen LogP contribution in [0.3, 0.4) is 0 Å². The predicted octanol–water partition coefficient (Wildman–Crippen LogP) is 4.98. The monoisotopic (exact) mass is 535 g/mol. The second kappa shape index (κ2) is 11.4. The molecule has 0 radical (unpaired) electrons. The van der Waals surface area contributed by atoms with E-state index in [-0.39, 0.29) is 17.3 Å². The minimum absolute atomic E-state index is 0.0274. The Balaban J connectivity index is 1.33. The Labute approximate surface area is 236 Å². The van der Waals surface area contributed by atoms with Crippen LogP contribution >= 0.6 is 0 Å². The van der Waals surface area contributed by atoms with E-state index in [1.54, 1.807) is 0 Å². The number of nitrogens with two attached hydrogens (primary N) is 1. The van der Waals surface area contributed by atoms with Gasteiger partial charge < -0.3 is 21.3 Å². The summed E-state index contributed by atoms with van der Waals surface area (Å²) in [6.45, 7) is 12.4. The lowest BCUT2D eigenvalue weighted by Crippen LogP contribution is -2.43. The van der Waals surface area contributed by atoms with Crippen molar-refractivity contribution in [3.63, 3.8) is 0 Å². The lowest BCUT2D eigenvalue weighted by Gasteiger charge is -2.29. The van der Waals surface area contributed by atoms with Crippen LogP contribution in [0.5, 0.6) is 0 Å². The number of anilines is 3. The zero-order valence-electron chi connectivity index (χ0n) is 23.7. The number of hydrogen-bond donors (Lipinski definition) is 3. The molecule has 5 rings (SSSR count). The minimum atomic E-state index is -0.166. The van der Waals surface area contributed by atoms with Crippen LogP contribution < -0.4 is 21.3 Å². The van der Waals surface area contributed by atoms with Gasteiger partial charge in [0.25, 0.3) is 5.91 Å². The maximum Gasteiger partial charge on any atom is 0.255 e. The summed E-state index contributed by atoms with van der Waals surface area (Å²) in [7, 11) is 0. The van der Waals surface area contributed by atoms with Gasteiger partial charge in [0.05, 0.1) is 0 Å². The van der Waals surface area contributed by atoms with Gasteiger partial charge in [0.1, 0.15) is 5.82 Å². The molecule has 0 aliphatic carbocycles. The first-order valence-corrected chi connectivity index (χ1v) is 13.7. The highest BCUT2D eigenvalue weighted by atomic mass is 16.1. The first-order chi connectivity index (χ1) is 19.2. The van der Waals surface area contributed by atoms with Gasteiger partial charge in [-0.3, -0.25) is 4.79 Å². The van der Waals surface area contributed by atoms with E-state index in [0.29, 0.717) is 29.3 Å². The summed E-state index contributed by atoms with van der Waals surface area (Å²) >= 11 is 0. The fraction of sp³-hybridized carbons (Fsp3) is 0.312. The third-order valence-electron chi connectivity index (χ3n) is 7.32. The van der Waals surface area contributed by atoms with Crippen molar-refractivity contribution in [2.75, 3.05) is 42.1 Å². The van der Waals surface area contributed by atoms with Gasteiger partial charge in [0, 0.05) is 55.1 Å². The number of carbonyl (C=O) groups excluding carboxylic acids is 1. The average molecular weight is 536 g/mol. The number of hydrogen-bond acceptors (Lipinski definition) is 7. The fourth-order valence-electron chi connectivity index (χ4n) is 4.90. The molecule has 1 aliphatic rings. The zero-order chi connectivity index (χ0) is 28.3. The Kier molecular flexibility index (Phi) is 7.80. The molecule has 1 fully saturated rings. The standard InChI is InChI=1S/C32H37N7O/c1-21-26(6-5-7-27(21)35-30(40)23-10-12-24(13-11-23)32(2,3)4)29-36-28(37-31(33)38-29)20-22-8-14-25(15-9-22)39-18-16-34-17-19-39/h5-15,34H,16-20H2,1-4H3,(H,35,40)(H2,33,36,37,38). The number of nitrogens with one attached hydrogen (secondary N) is 2. The van der Waals surface area contributed by atoms with E-state index in [1.165, 1.54) is 11.3 Å². The number of piperazine rings is 1. The van der Waals surface area contributed by atoms with Crippen LogP contribution in [0.15, 0.2) is 66.7 Å². The fourth-order valence-corrected chi connectivity index (χ4v) is 4.90. The van der Waals surface area contributed by atoms with Crippen molar-refractivity contribution in [1.29, 1.82) is 0 Å². The van der Waals surface area contributed by atoms with Crippen molar-refractivity contribution in [3.05, 3.63) is 94.8 Å². The molecule has 4 aromatic rings. The quantitative estimate of drug-likeness (QED) is 0.319. The van der Waals surface area contributed by atoms with E-state index in [4.69, 9.17) is 10.7 Å². The molecule has 40 heavy (non-hydrogen) atoms. The van der Waals surface area contributed by atoms with Crippen LogP contribution in [0.25, 0.3) is 11.4 Å². The second-order valence-electron chi connectivity index (χ2n) is 11.3. The average Bonchev–Trinajstić information content (AvgIpc) is 2.94. The van der Waals surface area contributed by atoms with Crippen LogP contribution in [0, 0.1) is 6.92 Å². The van der Waals surface area contributed by atoms with E-state index < -0.39 is 0 Å².